The quantitative estimate of drug-likeness (QED) is 0.827. The summed E-state index contributed by atoms with van der Waals surface area (Å²) in [5.41, 5.74) is 0.920. The number of rotatable bonds is 2. The van der Waals surface area contributed by atoms with Crippen molar-refractivity contribution in [2.75, 3.05) is 31.1 Å². The van der Waals surface area contributed by atoms with Gasteiger partial charge in [-0.25, -0.2) is 4.79 Å². The number of fused-ring (bicyclic) bond motifs is 2. The van der Waals surface area contributed by atoms with Crippen LogP contribution in [-0.2, 0) is 4.74 Å². The number of hydrogen-bond acceptors (Lipinski definition) is 5. The lowest BCUT2D eigenvalue weighted by atomic mass is 9.75. The molecule has 4 fully saturated rings. The van der Waals surface area contributed by atoms with Gasteiger partial charge >= 0.3 is 6.09 Å². The number of hydrogen-bond donors (Lipinski definition) is 0. The summed E-state index contributed by atoms with van der Waals surface area (Å²) in [6, 6.07) is 6.30. The van der Waals surface area contributed by atoms with Crippen molar-refractivity contribution < 1.29 is 9.53 Å². The Morgan fingerprint density at radius 1 is 1.22 bits per heavy atom. The Morgan fingerprint density at radius 3 is 2.78 bits per heavy atom. The first-order chi connectivity index (χ1) is 11.2. The molecule has 2 aromatic rings. The van der Waals surface area contributed by atoms with E-state index in [4.69, 9.17) is 4.74 Å². The zero-order valence-electron chi connectivity index (χ0n) is 12.7. The van der Waals surface area contributed by atoms with E-state index in [2.05, 4.69) is 33.9 Å². The van der Waals surface area contributed by atoms with Crippen LogP contribution < -0.4 is 4.90 Å². The summed E-state index contributed by atoms with van der Waals surface area (Å²) in [7, 11) is 0. The van der Waals surface area contributed by atoms with Gasteiger partial charge in [-0.1, -0.05) is 6.07 Å². The molecule has 1 atom stereocenters. The molecular formula is C17H18N2O2S2. The highest BCUT2D eigenvalue weighted by Gasteiger charge is 2.55. The summed E-state index contributed by atoms with van der Waals surface area (Å²) in [6.45, 7) is 3.93. The molecule has 4 nitrogen and oxygen atoms in total. The van der Waals surface area contributed by atoms with Gasteiger partial charge in [-0.05, 0) is 43.4 Å². The van der Waals surface area contributed by atoms with Gasteiger partial charge in [0.1, 0.15) is 10.6 Å². The monoisotopic (exact) mass is 346 g/mol. The summed E-state index contributed by atoms with van der Waals surface area (Å²) in [5.74, 6) is 0.526. The molecule has 0 saturated carbocycles. The smallest absolute Gasteiger partial charge is 0.415 e. The first-order valence-electron chi connectivity index (χ1n) is 8.09. The standard InChI is InChI=1S/C17H18N2O2S2/c20-16-19(15-8-12(9-23-15)14-2-1-7-22-14)11-17(21-16)10-18-5-3-13(17)4-6-18/h1-2,7-9,13H,3-6,10-11H2/t17-/m1/s1. The van der Waals surface area contributed by atoms with Gasteiger partial charge < -0.3 is 4.74 Å². The van der Waals surface area contributed by atoms with E-state index >= 15 is 0 Å². The number of carbonyl (C=O) groups is 1. The molecular weight excluding hydrogens is 328 g/mol. The SMILES string of the molecule is O=C1O[C@]2(CN3CCC2CC3)CN1c1cc(-c2cccs2)cs1. The Balaban J connectivity index is 1.43. The zero-order chi connectivity index (χ0) is 15.4. The lowest BCUT2D eigenvalue weighted by molar-refractivity contribution is -0.0881. The highest BCUT2D eigenvalue weighted by molar-refractivity contribution is 7.16. The lowest BCUT2D eigenvalue weighted by Crippen LogP contribution is -2.61. The molecule has 4 aliphatic rings. The van der Waals surface area contributed by atoms with Crippen LogP contribution in [-0.4, -0.2) is 42.8 Å². The number of piperidine rings is 3. The minimum atomic E-state index is -0.277. The van der Waals surface area contributed by atoms with Crippen molar-refractivity contribution in [3.05, 3.63) is 29.0 Å². The molecule has 0 radical (unpaired) electrons. The van der Waals surface area contributed by atoms with Crippen LogP contribution in [0.25, 0.3) is 10.4 Å². The fourth-order valence-corrected chi connectivity index (χ4v) is 5.91. The maximum Gasteiger partial charge on any atom is 0.415 e. The lowest BCUT2D eigenvalue weighted by Gasteiger charge is -2.49. The molecule has 0 aliphatic carbocycles. The molecule has 2 aromatic heterocycles. The molecule has 0 aromatic carbocycles. The Morgan fingerprint density at radius 2 is 2.09 bits per heavy atom. The number of nitrogens with zero attached hydrogens (tertiary/aromatic N) is 2. The molecule has 6 rings (SSSR count). The second-order valence-electron chi connectivity index (χ2n) is 6.72. The van der Waals surface area contributed by atoms with Crippen molar-refractivity contribution in [2.24, 2.45) is 5.92 Å². The highest BCUT2D eigenvalue weighted by Crippen LogP contribution is 2.45. The maximum absolute atomic E-state index is 12.5. The maximum atomic E-state index is 12.5. The van der Waals surface area contributed by atoms with Crippen LogP contribution in [0.5, 0.6) is 0 Å². The number of anilines is 1. The third kappa shape index (κ3) is 2.16. The van der Waals surface area contributed by atoms with E-state index in [1.165, 1.54) is 10.4 Å². The van der Waals surface area contributed by atoms with Crippen molar-refractivity contribution >= 4 is 33.8 Å². The summed E-state index contributed by atoms with van der Waals surface area (Å²) in [6.07, 6.45) is 2.15. The fraction of sp³-hybridized carbons (Fsp3) is 0.471. The largest absolute Gasteiger partial charge is 0.439 e. The Labute approximate surface area is 143 Å². The molecule has 4 aliphatic heterocycles. The van der Waals surface area contributed by atoms with Gasteiger partial charge in [0.25, 0.3) is 0 Å². The third-order valence-electron chi connectivity index (χ3n) is 5.42. The normalized spacial score (nSPS) is 32.7. The van der Waals surface area contributed by atoms with Gasteiger partial charge in [-0.15, -0.1) is 22.7 Å². The molecule has 0 N–H and O–H groups in total. The van der Waals surface area contributed by atoms with Crippen molar-refractivity contribution in [2.45, 2.75) is 18.4 Å². The number of amides is 1. The van der Waals surface area contributed by atoms with Crippen molar-refractivity contribution in [3.63, 3.8) is 0 Å². The first-order valence-corrected chi connectivity index (χ1v) is 9.85. The van der Waals surface area contributed by atoms with E-state index in [-0.39, 0.29) is 11.7 Å². The van der Waals surface area contributed by atoms with Gasteiger partial charge in [0.2, 0.25) is 0 Å². The van der Waals surface area contributed by atoms with Gasteiger partial charge in [-0.2, -0.15) is 0 Å². The predicted octanol–water partition coefficient (Wildman–Crippen LogP) is 3.90. The van der Waals surface area contributed by atoms with Crippen LogP contribution in [0, 0.1) is 5.92 Å². The highest BCUT2D eigenvalue weighted by atomic mass is 32.1. The number of carbonyl (C=O) groups excluding carboxylic acids is 1. The average molecular weight is 346 g/mol. The Hall–Kier alpha value is -1.37. The van der Waals surface area contributed by atoms with Crippen molar-refractivity contribution in [1.82, 2.24) is 4.90 Å². The van der Waals surface area contributed by atoms with Crippen LogP contribution in [0.3, 0.4) is 0 Å². The van der Waals surface area contributed by atoms with E-state index in [1.807, 2.05) is 4.90 Å². The molecule has 6 heteroatoms. The minimum Gasteiger partial charge on any atom is -0.439 e. The van der Waals surface area contributed by atoms with Gasteiger partial charge in [0.05, 0.1) is 6.54 Å². The summed E-state index contributed by atoms with van der Waals surface area (Å²) >= 11 is 3.36. The Kier molecular flexibility index (Phi) is 3.08. The van der Waals surface area contributed by atoms with E-state index < -0.39 is 0 Å². The molecule has 0 unspecified atom stereocenters. The average Bonchev–Trinajstić information content (AvgIpc) is 3.28. The van der Waals surface area contributed by atoms with E-state index in [0.717, 1.165) is 37.5 Å². The van der Waals surface area contributed by atoms with Crippen LogP contribution in [0.4, 0.5) is 9.80 Å². The molecule has 1 amide bonds. The van der Waals surface area contributed by atoms with E-state index in [9.17, 15) is 4.79 Å². The molecule has 2 bridgehead atoms. The van der Waals surface area contributed by atoms with Crippen molar-refractivity contribution in [1.29, 1.82) is 0 Å². The summed E-state index contributed by atoms with van der Waals surface area (Å²) < 4.78 is 5.95. The van der Waals surface area contributed by atoms with Crippen LogP contribution in [0.2, 0.25) is 0 Å². The minimum absolute atomic E-state index is 0.168. The second-order valence-corrected chi connectivity index (χ2v) is 8.56. The number of ether oxygens (including phenoxy) is 1. The van der Waals surface area contributed by atoms with Gasteiger partial charge in [-0.3, -0.25) is 9.80 Å². The summed E-state index contributed by atoms with van der Waals surface area (Å²) in [5, 5.41) is 5.22. The molecule has 23 heavy (non-hydrogen) atoms. The van der Waals surface area contributed by atoms with E-state index in [1.54, 1.807) is 22.7 Å². The van der Waals surface area contributed by atoms with Gasteiger partial charge in [0.15, 0.2) is 0 Å². The zero-order valence-corrected chi connectivity index (χ0v) is 14.4. The molecule has 120 valence electrons. The third-order valence-corrected chi connectivity index (χ3v) is 7.29. The second kappa shape index (κ2) is 5.06. The number of thiophene rings is 2. The van der Waals surface area contributed by atoms with Crippen LogP contribution in [0.1, 0.15) is 12.8 Å². The summed E-state index contributed by atoms with van der Waals surface area (Å²) in [4.78, 5) is 18.1. The Bertz CT molecular complexity index is 734. The van der Waals surface area contributed by atoms with Crippen LogP contribution in [0.15, 0.2) is 29.0 Å². The van der Waals surface area contributed by atoms with E-state index in [0.29, 0.717) is 12.5 Å². The fourth-order valence-electron chi connectivity index (χ4n) is 4.22. The molecule has 4 saturated heterocycles. The molecule has 1 spiro atoms. The molecule has 6 heterocycles. The van der Waals surface area contributed by atoms with Crippen molar-refractivity contribution in [3.8, 4) is 10.4 Å². The van der Waals surface area contributed by atoms with Crippen LogP contribution >= 0.6 is 22.7 Å². The predicted molar refractivity (Wildman–Crippen MR) is 93.4 cm³/mol. The first kappa shape index (κ1) is 14.0. The van der Waals surface area contributed by atoms with Gasteiger partial charge in [0, 0.05) is 28.3 Å². The topological polar surface area (TPSA) is 32.8 Å².